The molecule has 1 aromatic rings. The molecule has 0 fully saturated rings. The molecule has 2 N–H and O–H groups in total. The number of rotatable bonds is 4. The van der Waals surface area contributed by atoms with Crippen molar-refractivity contribution in [3.8, 4) is 0 Å². The monoisotopic (exact) mass is 225 g/mol. The molecular weight excluding hydrogens is 209 g/mol. The third kappa shape index (κ3) is 3.03. The van der Waals surface area contributed by atoms with Crippen LogP contribution in [0.1, 0.15) is 29.3 Å². The van der Waals surface area contributed by atoms with E-state index in [1.165, 1.54) is 12.1 Å². The van der Waals surface area contributed by atoms with Crippen LogP contribution in [0.2, 0.25) is 0 Å². The van der Waals surface area contributed by atoms with Crippen LogP contribution in [-0.4, -0.2) is 23.7 Å². The van der Waals surface area contributed by atoms with Crippen LogP contribution in [0.5, 0.6) is 0 Å². The van der Waals surface area contributed by atoms with Gasteiger partial charge in [0.25, 0.3) is 5.91 Å². The Labute approximate surface area is 94.3 Å². The zero-order chi connectivity index (χ0) is 12.1. The molecule has 16 heavy (non-hydrogen) atoms. The molecule has 1 rings (SSSR count). The van der Waals surface area contributed by atoms with Crippen LogP contribution in [0.25, 0.3) is 0 Å². The third-order valence-electron chi connectivity index (χ3n) is 2.49. The number of amides is 1. The molecule has 88 valence electrons. The lowest BCUT2D eigenvalue weighted by Crippen LogP contribution is -2.37. The molecule has 0 aliphatic carbocycles. The van der Waals surface area contributed by atoms with Crippen LogP contribution in [0.3, 0.4) is 0 Å². The Balaban J connectivity index is 2.83. The van der Waals surface area contributed by atoms with Crippen molar-refractivity contribution in [1.29, 1.82) is 0 Å². The van der Waals surface area contributed by atoms with E-state index < -0.39 is 5.82 Å². The molecule has 0 saturated carbocycles. The lowest BCUT2D eigenvalue weighted by Gasteiger charge is -2.14. The van der Waals surface area contributed by atoms with E-state index in [-0.39, 0.29) is 18.6 Å². The summed E-state index contributed by atoms with van der Waals surface area (Å²) in [5.41, 5.74) is 1.03. The quantitative estimate of drug-likeness (QED) is 0.818. The normalized spacial score (nSPS) is 12.2. The Bertz CT molecular complexity index is 375. The topological polar surface area (TPSA) is 49.3 Å². The van der Waals surface area contributed by atoms with Crippen molar-refractivity contribution < 1.29 is 14.3 Å². The second-order valence-corrected chi connectivity index (χ2v) is 3.72. The molecule has 0 spiro atoms. The number of aliphatic hydroxyl groups is 1. The molecule has 1 atom stereocenters. The number of aryl methyl sites for hydroxylation is 1. The SMILES string of the molecule is CC[C@@H](CO)NC(=O)c1cc(F)ccc1C. The molecule has 0 radical (unpaired) electrons. The highest BCUT2D eigenvalue weighted by Gasteiger charge is 2.13. The van der Waals surface area contributed by atoms with Gasteiger partial charge in [0.2, 0.25) is 0 Å². The Morgan fingerprint density at radius 1 is 1.56 bits per heavy atom. The van der Waals surface area contributed by atoms with Crippen molar-refractivity contribution >= 4 is 5.91 Å². The van der Waals surface area contributed by atoms with Gasteiger partial charge in [0.15, 0.2) is 0 Å². The zero-order valence-electron chi connectivity index (χ0n) is 9.46. The van der Waals surface area contributed by atoms with Crippen molar-refractivity contribution in [3.63, 3.8) is 0 Å². The number of carbonyl (C=O) groups excluding carboxylic acids is 1. The lowest BCUT2D eigenvalue weighted by atomic mass is 10.1. The van der Waals surface area contributed by atoms with Gasteiger partial charge in [0, 0.05) is 5.56 Å². The van der Waals surface area contributed by atoms with Gasteiger partial charge in [0.05, 0.1) is 12.6 Å². The first kappa shape index (κ1) is 12.6. The van der Waals surface area contributed by atoms with E-state index >= 15 is 0 Å². The fourth-order valence-corrected chi connectivity index (χ4v) is 1.38. The van der Waals surface area contributed by atoms with Crippen LogP contribution in [0, 0.1) is 12.7 Å². The van der Waals surface area contributed by atoms with E-state index in [9.17, 15) is 9.18 Å². The Morgan fingerprint density at radius 3 is 2.81 bits per heavy atom. The molecule has 1 aromatic carbocycles. The van der Waals surface area contributed by atoms with Crippen molar-refractivity contribution in [2.45, 2.75) is 26.3 Å². The number of carbonyl (C=O) groups is 1. The number of hydrogen-bond donors (Lipinski definition) is 2. The predicted octanol–water partition coefficient (Wildman–Crippen LogP) is 1.63. The summed E-state index contributed by atoms with van der Waals surface area (Å²) < 4.78 is 13.0. The first-order chi connectivity index (χ1) is 7.58. The van der Waals surface area contributed by atoms with Crippen LogP contribution < -0.4 is 5.32 Å². The summed E-state index contributed by atoms with van der Waals surface area (Å²) in [6.07, 6.45) is 0.636. The highest BCUT2D eigenvalue weighted by atomic mass is 19.1. The molecule has 1 amide bonds. The summed E-state index contributed by atoms with van der Waals surface area (Å²) in [7, 11) is 0. The lowest BCUT2D eigenvalue weighted by molar-refractivity contribution is 0.0914. The van der Waals surface area contributed by atoms with Crippen LogP contribution >= 0.6 is 0 Å². The molecule has 4 heteroatoms. The number of aliphatic hydroxyl groups excluding tert-OH is 1. The van der Waals surface area contributed by atoms with Gasteiger partial charge >= 0.3 is 0 Å². The Kier molecular flexibility index (Phi) is 4.43. The van der Waals surface area contributed by atoms with E-state index in [1.807, 2.05) is 6.92 Å². The second-order valence-electron chi connectivity index (χ2n) is 3.72. The van der Waals surface area contributed by atoms with Gasteiger partial charge < -0.3 is 10.4 Å². The maximum atomic E-state index is 13.0. The summed E-state index contributed by atoms with van der Waals surface area (Å²) in [6.45, 7) is 3.49. The predicted molar refractivity (Wildman–Crippen MR) is 59.8 cm³/mol. The van der Waals surface area contributed by atoms with Gasteiger partial charge in [-0.25, -0.2) is 4.39 Å². The van der Waals surface area contributed by atoms with E-state index in [2.05, 4.69) is 5.32 Å². The van der Waals surface area contributed by atoms with Crippen LogP contribution in [-0.2, 0) is 0 Å². The number of benzene rings is 1. The van der Waals surface area contributed by atoms with Gasteiger partial charge in [-0.3, -0.25) is 4.79 Å². The number of halogens is 1. The Morgan fingerprint density at radius 2 is 2.25 bits per heavy atom. The maximum absolute atomic E-state index is 13.0. The first-order valence-corrected chi connectivity index (χ1v) is 5.26. The molecule has 0 bridgehead atoms. The molecule has 0 unspecified atom stereocenters. The minimum Gasteiger partial charge on any atom is -0.394 e. The summed E-state index contributed by atoms with van der Waals surface area (Å²) in [5, 5.41) is 11.6. The standard InChI is InChI=1S/C12H16FNO2/c1-3-10(7-15)14-12(16)11-6-9(13)5-4-8(11)2/h4-6,10,15H,3,7H2,1-2H3,(H,14,16)/t10-/m0/s1. The zero-order valence-corrected chi connectivity index (χ0v) is 9.46. The smallest absolute Gasteiger partial charge is 0.251 e. The Hall–Kier alpha value is -1.42. The van der Waals surface area contributed by atoms with Gasteiger partial charge in [-0.15, -0.1) is 0 Å². The fraction of sp³-hybridized carbons (Fsp3) is 0.417. The maximum Gasteiger partial charge on any atom is 0.251 e. The van der Waals surface area contributed by atoms with Crippen molar-refractivity contribution in [2.75, 3.05) is 6.61 Å². The largest absolute Gasteiger partial charge is 0.394 e. The van der Waals surface area contributed by atoms with Gasteiger partial charge in [-0.1, -0.05) is 13.0 Å². The molecule has 3 nitrogen and oxygen atoms in total. The first-order valence-electron chi connectivity index (χ1n) is 5.26. The molecule has 0 aliphatic rings. The second kappa shape index (κ2) is 5.61. The van der Waals surface area contributed by atoms with Crippen LogP contribution in [0.15, 0.2) is 18.2 Å². The minimum absolute atomic E-state index is 0.114. The summed E-state index contributed by atoms with van der Waals surface area (Å²) in [5.74, 6) is -0.786. The molecular formula is C12H16FNO2. The summed E-state index contributed by atoms with van der Waals surface area (Å²) in [6, 6.07) is 3.80. The van der Waals surface area contributed by atoms with E-state index in [0.29, 0.717) is 17.5 Å². The molecule has 0 aromatic heterocycles. The minimum atomic E-state index is -0.437. The van der Waals surface area contributed by atoms with Gasteiger partial charge in [0.1, 0.15) is 5.82 Å². The van der Waals surface area contributed by atoms with Crippen LogP contribution in [0.4, 0.5) is 4.39 Å². The van der Waals surface area contributed by atoms with Crippen molar-refractivity contribution in [1.82, 2.24) is 5.32 Å². The van der Waals surface area contributed by atoms with Gasteiger partial charge in [-0.05, 0) is 31.0 Å². The summed E-state index contributed by atoms with van der Waals surface area (Å²) in [4.78, 5) is 11.8. The fourth-order valence-electron chi connectivity index (χ4n) is 1.38. The highest BCUT2D eigenvalue weighted by Crippen LogP contribution is 2.10. The highest BCUT2D eigenvalue weighted by molar-refractivity contribution is 5.95. The third-order valence-corrected chi connectivity index (χ3v) is 2.49. The van der Waals surface area contributed by atoms with E-state index in [0.717, 1.165) is 0 Å². The van der Waals surface area contributed by atoms with Crippen molar-refractivity contribution in [2.24, 2.45) is 0 Å². The molecule has 0 saturated heterocycles. The van der Waals surface area contributed by atoms with Crippen molar-refractivity contribution in [3.05, 3.63) is 35.1 Å². The number of nitrogens with one attached hydrogen (secondary N) is 1. The summed E-state index contributed by atoms with van der Waals surface area (Å²) >= 11 is 0. The van der Waals surface area contributed by atoms with E-state index in [4.69, 9.17) is 5.11 Å². The van der Waals surface area contributed by atoms with E-state index in [1.54, 1.807) is 13.0 Å². The molecule has 0 heterocycles. The van der Waals surface area contributed by atoms with Gasteiger partial charge in [-0.2, -0.15) is 0 Å². The molecule has 0 aliphatic heterocycles. The number of hydrogen-bond acceptors (Lipinski definition) is 2. The average molecular weight is 225 g/mol. The average Bonchev–Trinajstić information content (AvgIpc) is 2.28.